The van der Waals surface area contributed by atoms with Gasteiger partial charge in [-0.25, -0.2) is 9.97 Å². The van der Waals surface area contributed by atoms with Crippen molar-refractivity contribution in [2.45, 2.75) is 166 Å². The zero-order chi connectivity index (χ0) is 28.2. The number of hydrogen-bond donors (Lipinski definition) is 0. The molecule has 0 spiro atoms. The average molecular weight is 579 g/mol. The second-order valence-corrected chi connectivity index (χ2v) is 12.5. The number of carbonyl (C=O) groups is 1. The third kappa shape index (κ3) is 22.1. The first-order valence-corrected chi connectivity index (χ1v) is 17.7. The highest BCUT2D eigenvalue weighted by Crippen LogP contribution is 2.22. The molecule has 0 bridgehead atoms. The molecule has 0 N–H and O–H groups in total. The quantitative estimate of drug-likeness (QED) is 0.0579. The van der Waals surface area contributed by atoms with Crippen molar-refractivity contribution in [1.82, 2.24) is 15.0 Å². The average Bonchev–Trinajstić information content (AvgIpc) is 2.93. The molecule has 1 rings (SSSR count). The Balaban J connectivity index is 2.35. The summed E-state index contributed by atoms with van der Waals surface area (Å²) in [5, 5.41) is 10.1. The molecular formula is C31H54N4O2S2. The number of rotatable bonds is 27. The van der Waals surface area contributed by atoms with Crippen LogP contribution in [-0.2, 0) is 16.1 Å². The molecule has 222 valence electrons. The van der Waals surface area contributed by atoms with Crippen LogP contribution < -0.4 is 0 Å². The first kappa shape index (κ1) is 35.7. The van der Waals surface area contributed by atoms with Crippen molar-refractivity contribution in [3.63, 3.8) is 0 Å². The molecule has 0 atom stereocenters. The second-order valence-electron chi connectivity index (χ2n) is 10.4. The summed E-state index contributed by atoms with van der Waals surface area (Å²) >= 11 is 3.32. The number of ether oxygens (including phenoxy) is 1. The highest BCUT2D eigenvalue weighted by molar-refractivity contribution is 7.99. The van der Waals surface area contributed by atoms with Crippen molar-refractivity contribution in [2.24, 2.45) is 0 Å². The van der Waals surface area contributed by atoms with Gasteiger partial charge in [0.25, 0.3) is 0 Å². The SMILES string of the molecule is CCCCCCCCCCCCSc1nc(COC(=O)CC#N)nc(SCCCCCCCCCCCC)n1. The summed E-state index contributed by atoms with van der Waals surface area (Å²) in [6, 6.07) is 1.82. The minimum absolute atomic E-state index is 0.0132. The van der Waals surface area contributed by atoms with Crippen LogP contribution in [0.1, 0.15) is 155 Å². The lowest BCUT2D eigenvalue weighted by Gasteiger charge is -2.08. The molecule has 0 aliphatic carbocycles. The van der Waals surface area contributed by atoms with E-state index in [4.69, 9.17) is 10.00 Å². The van der Waals surface area contributed by atoms with Crippen LogP contribution in [0, 0.1) is 11.3 Å². The van der Waals surface area contributed by atoms with E-state index in [1.807, 2.05) is 6.07 Å². The number of esters is 1. The molecule has 0 fully saturated rings. The largest absolute Gasteiger partial charge is 0.457 e. The number of thioether (sulfide) groups is 2. The minimum Gasteiger partial charge on any atom is -0.457 e. The Morgan fingerprint density at radius 1 is 0.641 bits per heavy atom. The molecular weight excluding hydrogens is 525 g/mol. The maximum Gasteiger partial charge on any atom is 0.320 e. The van der Waals surface area contributed by atoms with Crippen LogP contribution in [0.3, 0.4) is 0 Å². The van der Waals surface area contributed by atoms with Gasteiger partial charge in [0.2, 0.25) is 0 Å². The van der Waals surface area contributed by atoms with E-state index in [-0.39, 0.29) is 13.0 Å². The second kappa shape index (κ2) is 26.9. The van der Waals surface area contributed by atoms with Gasteiger partial charge in [-0.3, -0.25) is 4.79 Å². The van der Waals surface area contributed by atoms with Gasteiger partial charge in [0.15, 0.2) is 22.7 Å². The van der Waals surface area contributed by atoms with Crippen LogP contribution in [0.25, 0.3) is 0 Å². The molecule has 0 saturated carbocycles. The number of hydrogen-bond acceptors (Lipinski definition) is 8. The molecule has 0 aliphatic heterocycles. The Labute approximate surface area is 247 Å². The Morgan fingerprint density at radius 3 is 1.41 bits per heavy atom. The highest BCUT2D eigenvalue weighted by atomic mass is 32.2. The van der Waals surface area contributed by atoms with Gasteiger partial charge in [-0.1, -0.05) is 153 Å². The predicted molar refractivity (Wildman–Crippen MR) is 165 cm³/mol. The summed E-state index contributed by atoms with van der Waals surface area (Å²) in [5.74, 6) is 1.89. The van der Waals surface area contributed by atoms with Gasteiger partial charge >= 0.3 is 5.97 Å². The molecule has 0 unspecified atom stereocenters. The molecule has 0 saturated heterocycles. The maximum atomic E-state index is 11.6. The predicted octanol–water partition coefficient (Wildman–Crippen LogP) is 9.85. The molecule has 1 aromatic rings. The van der Waals surface area contributed by atoms with E-state index in [0.29, 0.717) is 16.1 Å². The summed E-state index contributed by atoms with van der Waals surface area (Å²) in [5.41, 5.74) is 0. The fourth-order valence-corrected chi connectivity index (χ4v) is 6.10. The summed E-state index contributed by atoms with van der Waals surface area (Å²) in [6.07, 6.45) is 26.2. The van der Waals surface area contributed by atoms with Crippen LogP contribution in [0.2, 0.25) is 0 Å². The van der Waals surface area contributed by atoms with E-state index >= 15 is 0 Å². The van der Waals surface area contributed by atoms with Gasteiger partial charge in [-0.05, 0) is 12.8 Å². The fourth-order valence-electron chi connectivity index (χ4n) is 4.34. The molecule has 0 aliphatic rings. The zero-order valence-corrected chi connectivity index (χ0v) is 26.5. The van der Waals surface area contributed by atoms with Gasteiger partial charge in [-0.15, -0.1) is 0 Å². The Hall–Kier alpha value is -1.33. The van der Waals surface area contributed by atoms with Crippen LogP contribution in [0.5, 0.6) is 0 Å². The molecule has 0 aromatic carbocycles. The van der Waals surface area contributed by atoms with Crippen LogP contribution in [0.4, 0.5) is 0 Å². The maximum absolute atomic E-state index is 11.6. The zero-order valence-electron chi connectivity index (χ0n) is 24.9. The van der Waals surface area contributed by atoms with E-state index in [9.17, 15) is 4.79 Å². The number of nitrogens with zero attached hydrogens (tertiary/aromatic N) is 4. The number of carbonyl (C=O) groups excluding carboxylic acids is 1. The molecule has 39 heavy (non-hydrogen) atoms. The highest BCUT2D eigenvalue weighted by Gasteiger charge is 2.11. The van der Waals surface area contributed by atoms with E-state index in [0.717, 1.165) is 24.3 Å². The fraction of sp³-hybridized carbons (Fsp3) is 0.839. The third-order valence-corrected chi connectivity index (χ3v) is 8.55. The lowest BCUT2D eigenvalue weighted by Crippen LogP contribution is -2.08. The lowest BCUT2D eigenvalue weighted by atomic mass is 10.1. The van der Waals surface area contributed by atoms with Crippen molar-refractivity contribution in [3.05, 3.63) is 5.82 Å². The molecule has 0 amide bonds. The van der Waals surface area contributed by atoms with Gasteiger partial charge in [0, 0.05) is 11.5 Å². The van der Waals surface area contributed by atoms with Gasteiger partial charge in [0.05, 0.1) is 6.07 Å². The minimum atomic E-state index is -0.544. The molecule has 1 heterocycles. The van der Waals surface area contributed by atoms with Gasteiger partial charge in [0.1, 0.15) is 6.42 Å². The van der Waals surface area contributed by atoms with Crippen molar-refractivity contribution in [2.75, 3.05) is 11.5 Å². The van der Waals surface area contributed by atoms with Crippen LogP contribution in [0.15, 0.2) is 10.3 Å². The molecule has 1 aromatic heterocycles. The van der Waals surface area contributed by atoms with Gasteiger partial charge in [-0.2, -0.15) is 10.2 Å². The number of nitriles is 1. The van der Waals surface area contributed by atoms with Crippen LogP contribution in [-0.4, -0.2) is 32.4 Å². The molecule has 0 radical (unpaired) electrons. The third-order valence-electron chi connectivity index (χ3n) is 6.68. The van der Waals surface area contributed by atoms with Gasteiger partial charge < -0.3 is 4.74 Å². The van der Waals surface area contributed by atoms with E-state index in [1.165, 1.54) is 116 Å². The summed E-state index contributed by atoms with van der Waals surface area (Å²) in [4.78, 5) is 25.3. The van der Waals surface area contributed by atoms with Crippen molar-refractivity contribution in [3.8, 4) is 6.07 Å². The first-order valence-electron chi connectivity index (χ1n) is 15.7. The van der Waals surface area contributed by atoms with Crippen molar-refractivity contribution >= 4 is 29.5 Å². The number of aromatic nitrogens is 3. The summed E-state index contributed by atoms with van der Waals surface area (Å²) in [6.45, 7) is 4.52. The summed E-state index contributed by atoms with van der Waals surface area (Å²) in [7, 11) is 0. The summed E-state index contributed by atoms with van der Waals surface area (Å²) < 4.78 is 5.17. The molecule has 6 nitrogen and oxygen atoms in total. The standard InChI is InChI=1S/C31H54N4O2S2/c1-3-5-7-9-11-13-15-17-19-21-25-38-30-33-28(27-37-29(36)23-24-32)34-31(35-30)39-26-22-20-18-16-14-12-10-8-6-4-2/h3-23,25-27H2,1-2H3. The van der Waals surface area contributed by atoms with Crippen molar-refractivity contribution < 1.29 is 9.53 Å². The molecule has 8 heteroatoms. The van der Waals surface area contributed by atoms with Crippen molar-refractivity contribution in [1.29, 1.82) is 5.26 Å². The van der Waals surface area contributed by atoms with E-state index in [1.54, 1.807) is 23.5 Å². The monoisotopic (exact) mass is 578 g/mol. The van der Waals surface area contributed by atoms with E-state index < -0.39 is 5.97 Å². The Kier molecular flexibility index (Phi) is 24.6. The Bertz CT molecular complexity index is 729. The normalized spacial score (nSPS) is 11.0. The number of unbranched alkanes of at least 4 members (excludes halogenated alkanes) is 18. The lowest BCUT2D eigenvalue weighted by molar-refractivity contribution is -0.144. The smallest absolute Gasteiger partial charge is 0.320 e. The topological polar surface area (TPSA) is 88.8 Å². The first-order chi connectivity index (χ1) is 19.2. The van der Waals surface area contributed by atoms with Crippen LogP contribution >= 0.6 is 23.5 Å². The van der Waals surface area contributed by atoms with E-state index in [2.05, 4.69) is 28.8 Å². The Morgan fingerprint density at radius 2 is 1.03 bits per heavy atom.